The Hall–Kier alpha value is -1.39. The number of thiazole rings is 1. The number of aryl methyl sites for hydroxylation is 2. The number of hydrogen-bond donors (Lipinski definition) is 1. The van der Waals surface area contributed by atoms with Gasteiger partial charge in [0.2, 0.25) is 0 Å². The highest BCUT2D eigenvalue weighted by atomic mass is 32.1. The third-order valence-electron chi connectivity index (χ3n) is 3.26. The largest absolute Gasteiger partial charge is 0.493 e. The number of aromatic nitrogens is 1. The molecule has 0 aliphatic heterocycles. The van der Waals surface area contributed by atoms with E-state index in [9.17, 15) is 0 Å². The minimum atomic E-state index is 0.142. The summed E-state index contributed by atoms with van der Waals surface area (Å²) in [6.45, 7) is 6.83. The zero-order valence-corrected chi connectivity index (χ0v) is 13.2. The first-order valence-electron chi connectivity index (χ1n) is 6.93. The van der Waals surface area contributed by atoms with E-state index in [1.54, 1.807) is 11.3 Å². The van der Waals surface area contributed by atoms with Crippen molar-refractivity contribution >= 4 is 11.3 Å². The molecule has 0 aliphatic rings. The van der Waals surface area contributed by atoms with Crippen LogP contribution < -0.4 is 10.5 Å². The fourth-order valence-corrected chi connectivity index (χ4v) is 3.00. The molecule has 1 aromatic heterocycles. The summed E-state index contributed by atoms with van der Waals surface area (Å²) in [5.41, 5.74) is 11.3. The third-order valence-corrected chi connectivity index (χ3v) is 4.25. The van der Waals surface area contributed by atoms with E-state index in [1.807, 2.05) is 19.4 Å². The first-order chi connectivity index (χ1) is 9.58. The second-order valence-corrected chi connectivity index (χ2v) is 6.14. The molecule has 108 valence electrons. The van der Waals surface area contributed by atoms with Gasteiger partial charge < -0.3 is 10.5 Å². The summed E-state index contributed by atoms with van der Waals surface area (Å²) in [4.78, 5) is 5.56. The standard InChI is InChI=1S/C16H22N2OS/c1-11-5-4-6-14(9-12(2)17)16(11)19-8-7-15-13(3)18-10-20-15/h4-6,10,12H,7-9,17H2,1-3H3. The summed E-state index contributed by atoms with van der Waals surface area (Å²) in [5, 5.41) is 0. The maximum absolute atomic E-state index is 6.02. The summed E-state index contributed by atoms with van der Waals surface area (Å²) in [6.07, 6.45) is 1.75. The molecule has 1 heterocycles. The van der Waals surface area contributed by atoms with Crippen LogP contribution in [0, 0.1) is 13.8 Å². The first-order valence-corrected chi connectivity index (χ1v) is 7.81. The van der Waals surface area contributed by atoms with Gasteiger partial charge in [0.05, 0.1) is 17.8 Å². The molecule has 3 nitrogen and oxygen atoms in total. The average molecular weight is 290 g/mol. The number of para-hydroxylation sites is 1. The number of benzene rings is 1. The predicted molar refractivity (Wildman–Crippen MR) is 84.6 cm³/mol. The number of nitrogens with zero attached hydrogens (tertiary/aromatic N) is 1. The van der Waals surface area contributed by atoms with Crippen LogP contribution in [0.3, 0.4) is 0 Å². The van der Waals surface area contributed by atoms with Gasteiger partial charge in [-0.2, -0.15) is 0 Å². The molecule has 1 atom stereocenters. The van der Waals surface area contributed by atoms with Crippen LogP contribution in [-0.2, 0) is 12.8 Å². The Morgan fingerprint density at radius 3 is 2.80 bits per heavy atom. The van der Waals surface area contributed by atoms with Crippen molar-refractivity contribution in [3.8, 4) is 5.75 Å². The van der Waals surface area contributed by atoms with E-state index in [-0.39, 0.29) is 6.04 Å². The molecule has 2 rings (SSSR count). The lowest BCUT2D eigenvalue weighted by Crippen LogP contribution is -2.18. The van der Waals surface area contributed by atoms with E-state index >= 15 is 0 Å². The molecule has 1 aromatic carbocycles. The Morgan fingerprint density at radius 1 is 1.35 bits per heavy atom. The maximum Gasteiger partial charge on any atom is 0.125 e. The van der Waals surface area contributed by atoms with E-state index in [0.29, 0.717) is 6.61 Å². The number of nitrogens with two attached hydrogens (primary N) is 1. The van der Waals surface area contributed by atoms with Gasteiger partial charge >= 0.3 is 0 Å². The van der Waals surface area contributed by atoms with Crippen LogP contribution in [0.15, 0.2) is 23.7 Å². The fraction of sp³-hybridized carbons (Fsp3) is 0.438. The van der Waals surface area contributed by atoms with Gasteiger partial charge in [-0.25, -0.2) is 4.98 Å². The van der Waals surface area contributed by atoms with E-state index in [1.165, 1.54) is 16.0 Å². The zero-order valence-electron chi connectivity index (χ0n) is 12.3. The molecule has 20 heavy (non-hydrogen) atoms. The molecular weight excluding hydrogens is 268 g/mol. The van der Waals surface area contributed by atoms with E-state index in [4.69, 9.17) is 10.5 Å². The fourth-order valence-electron chi connectivity index (χ4n) is 2.24. The van der Waals surface area contributed by atoms with Crippen molar-refractivity contribution in [1.29, 1.82) is 0 Å². The van der Waals surface area contributed by atoms with Crippen LogP contribution in [0.2, 0.25) is 0 Å². The molecule has 0 bridgehead atoms. The second-order valence-electron chi connectivity index (χ2n) is 5.20. The second kappa shape index (κ2) is 6.86. The SMILES string of the molecule is Cc1cccc(CC(C)N)c1OCCc1scnc1C. The Labute approximate surface area is 124 Å². The van der Waals surface area contributed by atoms with Crippen molar-refractivity contribution in [3.05, 3.63) is 45.4 Å². The minimum Gasteiger partial charge on any atom is -0.493 e. The highest BCUT2D eigenvalue weighted by molar-refractivity contribution is 7.09. The Morgan fingerprint density at radius 2 is 2.15 bits per heavy atom. The van der Waals surface area contributed by atoms with Crippen LogP contribution in [-0.4, -0.2) is 17.6 Å². The van der Waals surface area contributed by atoms with Gasteiger partial charge in [-0.1, -0.05) is 18.2 Å². The van der Waals surface area contributed by atoms with Crippen LogP contribution >= 0.6 is 11.3 Å². The van der Waals surface area contributed by atoms with Crippen LogP contribution in [0.5, 0.6) is 5.75 Å². The van der Waals surface area contributed by atoms with Crippen molar-refractivity contribution in [2.75, 3.05) is 6.61 Å². The molecule has 0 radical (unpaired) electrons. The number of hydrogen-bond acceptors (Lipinski definition) is 4. The molecule has 2 aromatic rings. The molecule has 4 heteroatoms. The lowest BCUT2D eigenvalue weighted by molar-refractivity contribution is 0.316. The number of ether oxygens (including phenoxy) is 1. The van der Waals surface area contributed by atoms with Crippen molar-refractivity contribution < 1.29 is 4.74 Å². The highest BCUT2D eigenvalue weighted by Crippen LogP contribution is 2.25. The van der Waals surface area contributed by atoms with Gasteiger partial charge in [-0.15, -0.1) is 11.3 Å². The van der Waals surface area contributed by atoms with Gasteiger partial charge in [0, 0.05) is 17.3 Å². The summed E-state index contributed by atoms with van der Waals surface area (Å²) in [5.74, 6) is 0.993. The Kier molecular flexibility index (Phi) is 5.15. The zero-order chi connectivity index (χ0) is 14.5. The Balaban J connectivity index is 2.03. The van der Waals surface area contributed by atoms with Gasteiger partial charge in [-0.05, 0) is 38.3 Å². The average Bonchev–Trinajstić information content (AvgIpc) is 2.78. The van der Waals surface area contributed by atoms with E-state index in [2.05, 4.69) is 30.1 Å². The molecule has 0 spiro atoms. The highest BCUT2D eigenvalue weighted by Gasteiger charge is 2.09. The van der Waals surface area contributed by atoms with Crippen LogP contribution in [0.25, 0.3) is 0 Å². The van der Waals surface area contributed by atoms with Crippen LogP contribution in [0.1, 0.15) is 28.6 Å². The molecule has 0 aliphatic carbocycles. The quantitative estimate of drug-likeness (QED) is 0.888. The van der Waals surface area contributed by atoms with Crippen molar-refractivity contribution in [2.45, 2.75) is 39.7 Å². The molecule has 0 fully saturated rings. The lowest BCUT2D eigenvalue weighted by Gasteiger charge is -2.15. The van der Waals surface area contributed by atoms with E-state index in [0.717, 1.165) is 24.3 Å². The summed E-state index contributed by atoms with van der Waals surface area (Å²) in [7, 11) is 0. The molecular formula is C16H22N2OS. The first kappa shape index (κ1) is 15.0. The molecule has 0 saturated heterocycles. The molecule has 1 unspecified atom stereocenters. The van der Waals surface area contributed by atoms with Gasteiger partial charge in [0.1, 0.15) is 5.75 Å². The van der Waals surface area contributed by atoms with Gasteiger partial charge in [0.25, 0.3) is 0 Å². The van der Waals surface area contributed by atoms with Crippen molar-refractivity contribution in [3.63, 3.8) is 0 Å². The topological polar surface area (TPSA) is 48.1 Å². The summed E-state index contributed by atoms with van der Waals surface area (Å²) < 4.78 is 6.02. The van der Waals surface area contributed by atoms with Gasteiger partial charge in [-0.3, -0.25) is 0 Å². The maximum atomic E-state index is 6.02. The monoisotopic (exact) mass is 290 g/mol. The lowest BCUT2D eigenvalue weighted by atomic mass is 10.0. The summed E-state index contributed by atoms with van der Waals surface area (Å²) in [6, 6.07) is 6.39. The summed E-state index contributed by atoms with van der Waals surface area (Å²) >= 11 is 1.69. The molecule has 2 N–H and O–H groups in total. The number of rotatable bonds is 6. The normalized spacial score (nSPS) is 12.4. The Bertz CT molecular complexity index is 563. The minimum absolute atomic E-state index is 0.142. The molecule has 0 amide bonds. The smallest absolute Gasteiger partial charge is 0.125 e. The van der Waals surface area contributed by atoms with Gasteiger partial charge in [0.15, 0.2) is 0 Å². The predicted octanol–water partition coefficient (Wildman–Crippen LogP) is 3.27. The van der Waals surface area contributed by atoms with Crippen LogP contribution in [0.4, 0.5) is 0 Å². The third kappa shape index (κ3) is 3.81. The van der Waals surface area contributed by atoms with E-state index < -0.39 is 0 Å². The molecule has 0 saturated carbocycles. The van der Waals surface area contributed by atoms with Crippen molar-refractivity contribution in [2.24, 2.45) is 5.73 Å². The van der Waals surface area contributed by atoms with Crippen molar-refractivity contribution in [1.82, 2.24) is 4.98 Å².